The van der Waals surface area contributed by atoms with E-state index in [9.17, 15) is 17.6 Å². The Labute approximate surface area is 109 Å². The number of carbonyl (C=O) groups excluding carboxylic acids is 1. The van der Waals surface area contributed by atoms with Crippen LogP contribution in [0.1, 0.15) is 15.9 Å². The van der Waals surface area contributed by atoms with E-state index in [1.54, 1.807) is 0 Å². The molecule has 1 aromatic heterocycles. The van der Waals surface area contributed by atoms with Crippen molar-refractivity contribution in [2.45, 2.75) is 4.90 Å². The molecule has 0 saturated carbocycles. The SMILES string of the molecule is CS(=O)(=O)c1cccc(C(=O)c2ccncc2F)c1. The van der Waals surface area contributed by atoms with Gasteiger partial charge in [0.05, 0.1) is 16.7 Å². The van der Waals surface area contributed by atoms with Crippen molar-refractivity contribution >= 4 is 15.6 Å². The molecule has 2 rings (SSSR count). The maximum absolute atomic E-state index is 13.5. The normalized spacial score (nSPS) is 11.3. The number of rotatable bonds is 3. The highest BCUT2D eigenvalue weighted by Gasteiger charge is 2.16. The summed E-state index contributed by atoms with van der Waals surface area (Å²) in [7, 11) is -3.41. The molecule has 0 atom stereocenters. The van der Waals surface area contributed by atoms with Crippen LogP contribution in [0.3, 0.4) is 0 Å². The molecule has 19 heavy (non-hydrogen) atoms. The monoisotopic (exact) mass is 279 g/mol. The lowest BCUT2D eigenvalue weighted by Crippen LogP contribution is -2.06. The number of ketones is 1. The van der Waals surface area contributed by atoms with Crippen LogP contribution in [0.2, 0.25) is 0 Å². The van der Waals surface area contributed by atoms with Crippen LogP contribution in [0.25, 0.3) is 0 Å². The predicted octanol–water partition coefficient (Wildman–Crippen LogP) is 1.86. The molecule has 1 heterocycles. The highest BCUT2D eigenvalue weighted by molar-refractivity contribution is 7.90. The van der Waals surface area contributed by atoms with Gasteiger partial charge >= 0.3 is 0 Å². The fourth-order valence-corrected chi connectivity index (χ4v) is 2.25. The highest BCUT2D eigenvalue weighted by Crippen LogP contribution is 2.16. The van der Waals surface area contributed by atoms with Gasteiger partial charge in [-0.25, -0.2) is 12.8 Å². The average Bonchev–Trinajstić information content (AvgIpc) is 2.38. The zero-order valence-corrected chi connectivity index (χ0v) is 10.8. The Morgan fingerprint density at radius 3 is 2.63 bits per heavy atom. The topological polar surface area (TPSA) is 64.1 Å². The number of nitrogens with zero attached hydrogens (tertiary/aromatic N) is 1. The first-order chi connectivity index (χ1) is 8.89. The third-order valence-electron chi connectivity index (χ3n) is 2.54. The first-order valence-electron chi connectivity index (χ1n) is 5.34. The summed E-state index contributed by atoms with van der Waals surface area (Å²) in [4.78, 5) is 15.7. The lowest BCUT2D eigenvalue weighted by atomic mass is 10.0. The second kappa shape index (κ2) is 4.89. The third kappa shape index (κ3) is 2.85. The van der Waals surface area contributed by atoms with Crippen molar-refractivity contribution in [1.29, 1.82) is 0 Å². The van der Waals surface area contributed by atoms with E-state index < -0.39 is 21.4 Å². The third-order valence-corrected chi connectivity index (χ3v) is 3.65. The Morgan fingerprint density at radius 1 is 1.26 bits per heavy atom. The summed E-state index contributed by atoms with van der Waals surface area (Å²) in [5.74, 6) is -1.32. The fraction of sp³-hybridized carbons (Fsp3) is 0.0769. The number of hydrogen-bond donors (Lipinski definition) is 0. The van der Waals surface area contributed by atoms with Crippen molar-refractivity contribution in [3.05, 3.63) is 59.7 Å². The maximum Gasteiger partial charge on any atom is 0.196 e. The molecule has 0 N–H and O–H groups in total. The van der Waals surface area contributed by atoms with Crippen molar-refractivity contribution in [3.8, 4) is 0 Å². The van der Waals surface area contributed by atoms with E-state index in [0.29, 0.717) is 0 Å². The number of pyridine rings is 1. The van der Waals surface area contributed by atoms with Gasteiger partial charge in [-0.1, -0.05) is 12.1 Å². The summed E-state index contributed by atoms with van der Waals surface area (Å²) in [6, 6.07) is 6.76. The van der Waals surface area contributed by atoms with Gasteiger partial charge in [-0.15, -0.1) is 0 Å². The van der Waals surface area contributed by atoms with Crippen molar-refractivity contribution in [3.63, 3.8) is 0 Å². The average molecular weight is 279 g/mol. The molecule has 0 bridgehead atoms. The minimum Gasteiger partial charge on any atom is -0.288 e. The molecule has 0 radical (unpaired) electrons. The second-order valence-corrected chi connectivity index (χ2v) is 6.00. The number of sulfone groups is 1. The van der Waals surface area contributed by atoms with Crippen LogP contribution in [0.5, 0.6) is 0 Å². The molecule has 0 spiro atoms. The van der Waals surface area contributed by atoms with E-state index in [1.807, 2.05) is 0 Å². The fourth-order valence-electron chi connectivity index (χ4n) is 1.58. The Bertz CT molecular complexity index is 741. The Balaban J connectivity index is 2.49. The van der Waals surface area contributed by atoms with Crippen LogP contribution in [0.15, 0.2) is 47.6 Å². The Morgan fingerprint density at radius 2 is 2.00 bits per heavy atom. The Hall–Kier alpha value is -2.08. The Kier molecular flexibility index (Phi) is 3.44. The van der Waals surface area contributed by atoms with Crippen LogP contribution >= 0.6 is 0 Å². The van der Waals surface area contributed by atoms with Gasteiger partial charge in [0.25, 0.3) is 0 Å². The molecule has 0 saturated heterocycles. The number of aromatic nitrogens is 1. The molecule has 0 amide bonds. The van der Waals surface area contributed by atoms with Gasteiger partial charge in [-0.05, 0) is 18.2 Å². The lowest BCUT2D eigenvalue weighted by molar-refractivity contribution is 0.103. The summed E-state index contributed by atoms with van der Waals surface area (Å²) in [5, 5.41) is 0. The lowest BCUT2D eigenvalue weighted by Gasteiger charge is -2.04. The van der Waals surface area contributed by atoms with Crippen LogP contribution in [-0.4, -0.2) is 25.4 Å². The van der Waals surface area contributed by atoms with Crippen LogP contribution in [0.4, 0.5) is 4.39 Å². The molecule has 0 unspecified atom stereocenters. The second-order valence-electron chi connectivity index (χ2n) is 3.98. The zero-order valence-electron chi connectivity index (χ0n) is 10.00. The molecular formula is C13H10FNO3S. The molecule has 4 nitrogen and oxygen atoms in total. The molecular weight excluding hydrogens is 269 g/mol. The molecule has 1 aromatic carbocycles. The summed E-state index contributed by atoms with van der Waals surface area (Å²) in [6.45, 7) is 0. The standard InChI is InChI=1S/C13H10FNO3S/c1-19(17,18)10-4-2-3-9(7-10)13(16)11-5-6-15-8-12(11)14/h2-8H,1H3. The van der Waals surface area contributed by atoms with Crippen LogP contribution in [-0.2, 0) is 9.84 Å². The van der Waals surface area contributed by atoms with Crippen molar-refractivity contribution in [1.82, 2.24) is 4.98 Å². The van der Waals surface area contributed by atoms with E-state index >= 15 is 0 Å². The van der Waals surface area contributed by atoms with Gasteiger partial charge in [-0.2, -0.15) is 0 Å². The summed E-state index contributed by atoms with van der Waals surface area (Å²) in [5.41, 5.74) is -0.0197. The van der Waals surface area contributed by atoms with Gasteiger partial charge in [0.15, 0.2) is 21.4 Å². The molecule has 6 heteroatoms. The zero-order chi connectivity index (χ0) is 14.0. The first-order valence-corrected chi connectivity index (χ1v) is 7.23. The summed E-state index contributed by atoms with van der Waals surface area (Å²) >= 11 is 0. The van der Waals surface area contributed by atoms with Crippen molar-refractivity contribution in [2.24, 2.45) is 0 Å². The number of benzene rings is 1. The molecule has 0 fully saturated rings. The smallest absolute Gasteiger partial charge is 0.196 e. The van der Waals surface area contributed by atoms with Crippen molar-refractivity contribution < 1.29 is 17.6 Å². The maximum atomic E-state index is 13.5. The quantitative estimate of drug-likeness (QED) is 0.804. The summed E-state index contributed by atoms with van der Waals surface area (Å²) < 4.78 is 36.3. The molecule has 2 aromatic rings. The number of halogens is 1. The highest BCUT2D eigenvalue weighted by atomic mass is 32.2. The van der Waals surface area contributed by atoms with Gasteiger partial charge in [0, 0.05) is 18.0 Å². The minimum atomic E-state index is -3.41. The van der Waals surface area contributed by atoms with E-state index in [-0.39, 0.29) is 16.0 Å². The van der Waals surface area contributed by atoms with E-state index in [4.69, 9.17) is 0 Å². The van der Waals surface area contributed by atoms with Crippen molar-refractivity contribution in [2.75, 3.05) is 6.26 Å². The molecule has 0 aliphatic heterocycles. The van der Waals surface area contributed by atoms with Crippen LogP contribution < -0.4 is 0 Å². The minimum absolute atomic E-state index is 0.0211. The van der Waals surface area contributed by atoms with E-state index in [2.05, 4.69) is 4.98 Å². The molecule has 0 aliphatic carbocycles. The van der Waals surface area contributed by atoms with Crippen LogP contribution in [0, 0.1) is 5.82 Å². The van der Waals surface area contributed by atoms with Gasteiger partial charge in [0.2, 0.25) is 0 Å². The largest absolute Gasteiger partial charge is 0.288 e. The number of carbonyl (C=O) groups is 1. The summed E-state index contributed by atoms with van der Waals surface area (Å²) in [6.07, 6.45) is 3.29. The predicted molar refractivity (Wildman–Crippen MR) is 67.2 cm³/mol. The first kappa shape index (κ1) is 13.4. The molecule has 98 valence electrons. The van der Waals surface area contributed by atoms with Gasteiger partial charge in [0.1, 0.15) is 0 Å². The van der Waals surface area contributed by atoms with E-state index in [0.717, 1.165) is 12.5 Å². The molecule has 0 aliphatic rings. The van der Waals surface area contributed by atoms with Gasteiger partial charge in [-0.3, -0.25) is 9.78 Å². The van der Waals surface area contributed by atoms with E-state index in [1.165, 1.54) is 36.5 Å². The van der Waals surface area contributed by atoms with Gasteiger partial charge < -0.3 is 0 Å². The number of hydrogen-bond acceptors (Lipinski definition) is 4.